The minimum atomic E-state index is 0.523. The highest BCUT2D eigenvalue weighted by Crippen LogP contribution is 2.31. The summed E-state index contributed by atoms with van der Waals surface area (Å²) in [5.74, 6) is 1.49. The van der Waals surface area contributed by atoms with Gasteiger partial charge in [-0.3, -0.25) is 0 Å². The van der Waals surface area contributed by atoms with Crippen LogP contribution in [0, 0.1) is 5.92 Å². The van der Waals surface area contributed by atoms with E-state index in [1.165, 1.54) is 5.56 Å². The van der Waals surface area contributed by atoms with Crippen LogP contribution in [0.2, 0.25) is 0 Å². The molecule has 1 heterocycles. The zero-order valence-electron chi connectivity index (χ0n) is 9.99. The molecule has 1 aliphatic heterocycles. The first kappa shape index (κ1) is 11.3. The molecule has 3 N–H and O–H groups in total. The number of hydrogen-bond acceptors (Lipinski definition) is 3. The Balaban J connectivity index is 2.03. The van der Waals surface area contributed by atoms with E-state index in [1.54, 1.807) is 0 Å². The zero-order chi connectivity index (χ0) is 11.5. The van der Waals surface area contributed by atoms with Crippen molar-refractivity contribution in [2.75, 3.05) is 18.9 Å². The average molecular weight is 220 g/mol. The second-order valence-corrected chi connectivity index (χ2v) is 4.77. The van der Waals surface area contributed by atoms with Crippen LogP contribution in [0.1, 0.15) is 19.4 Å². The number of nitrogen functional groups attached to an aromatic ring is 1. The van der Waals surface area contributed by atoms with Crippen molar-refractivity contribution in [3.8, 4) is 5.75 Å². The van der Waals surface area contributed by atoms with E-state index < -0.39 is 0 Å². The van der Waals surface area contributed by atoms with Crippen LogP contribution in [0.25, 0.3) is 0 Å². The van der Waals surface area contributed by atoms with Gasteiger partial charge in [0.25, 0.3) is 0 Å². The van der Waals surface area contributed by atoms with E-state index in [0.717, 1.165) is 31.0 Å². The Morgan fingerprint density at radius 2 is 2.31 bits per heavy atom. The first-order chi connectivity index (χ1) is 7.66. The zero-order valence-corrected chi connectivity index (χ0v) is 9.99. The van der Waals surface area contributed by atoms with Gasteiger partial charge >= 0.3 is 0 Å². The fraction of sp³-hybridized carbons (Fsp3) is 0.538. The Morgan fingerprint density at radius 1 is 1.50 bits per heavy atom. The van der Waals surface area contributed by atoms with E-state index in [0.29, 0.717) is 12.0 Å². The van der Waals surface area contributed by atoms with Gasteiger partial charge in [0.2, 0.25) is 0 Å². The number of hydrogen-bond donors (Lipinski definition) is 2. The Morgan fingerprint density at radius 3 is 3.06 bits per heavy atom. The van der Waals surface area contributed by atoms with Crippen LogP contribution < -0.4 is 15.8 Å². The normalized spacial score (nSPS) is 19.3. The molecule has 0 saturated carbocycles. The molecule has 0 saturated heterocycles. The third kappa shape index (κ3) is 2.47. The Bertz CT molecular complexity index is 363. The highest BCUT2D eigenvalue weighted by molar-refractivity contribution is 5.55. The maximum atomic E-state index is 5.96. The SMILES string of the molecule is CC(C)NCC1COc2cccc(N)c2C1. The molecule has 0 bridgehead atoms. The number of anilines is 1. The van der Waals surface area contributed by atoms with Crippen molar-refractivity contribution in [1.82, 2.24) is 5.32 Å². The molecule has 0 amide bonds. The van der Waals surface area contributed by atoms with Crippen molar-refractivity contribution in [1.29, 1.82) is 0 Å². The van der Waals surface area contributed by atoms with Gasteiger partial charge in [0, 0.05) is 29.8 Å². The molecule has 1 atom stereocenters. The van der Waals surface area contributed by atoms with Gasteiger partial charge in [0.1, 0.15) is 5.75 Å². The van der Waals surface area contributed by atoms with Crippen LogP contribution >= 0.6 is 0 Å². The number of ether oxygens (including phenoxy) is 1. The summed E-state index contributed by atoms with van der Waals surface area (Å²) in [5, 5.41) is 3.44. The second kappa shape index (κ2) is 4.74. The summed E-state index contributed by atoms with van der Waals surface area (Å²) in [6, 6.07) is 6.41. The summed E-state index contributed by atoms with van der Waals surface area (Å²) in [4.78, 5) is 0. The third-order valence-electron chi connectivity index (χ3n) is 2.95. The lowest BCUT2D eigenvalue weighted by Crippen LogP contribution is -2.34. The van der Waals surface area contributed by atoms with E-state index in [-0.39, 0.29) is 0 Å². The first-order valence-electron chi connectivity index (χ1n) is 5.90. The van der Waals surface area contributed by atoms with Gasteiger partial charge < -0.3 is 15.8 Å². The summed E-state index contributed by atoms with van der Waals surface area (Å²) >= 11 is 0. The molecule has 1 aromatic carbocycles. The van der Waals surface area contributed by atoms with Gasteiger partial charge in [-0.1, -0.05) is 19.9 Å². The number of fused-ring (bicyclic) bond motifs is 1. The lowest BCUT2D eigenvalue weighted by molar-refractivity contribution is 0.216. The topological polar surface area (TPSA) is 47.3 Å². The van der Waals surface area contributed by atoms with Gasteiger partial charge in [0.15, 0.2) is 0 Å². The van der Waals surface area contributed by atoms with E-state index >= 15 is 0 Å². The molecule has 0 fully saturated rings. The summed E-state index contributed by atoms with van der Waals surface area (Å²) in [5.41, 5.74) is 7.98. The maximum absolute atomic E-state index is 5.96. The van der Waals surface area contributed by atoms with Gasteiger partial charge in [-0.15, -0.1) is 0 Å². The largest absolute Gasteiger partial charge is 0.493 e. The number of rotatable bonds is 3. The Kier molecular flexibility index (Phi) is 3.34. The summed E-state index contributed by atoms with van der Waals surface area (Å²) in [6.45, 7) is 6.10. The molecule has 0 spiro atoms. The molecule has 0 aromatic heterocycles. The standard InChI is InChI=1S/C13H20N2O/c1-9(2)15-7-10-6-11-12(14)4-3-5-13(11)16-8-10/h3-5,9-10,15H,6-8,14H2,1-2H3. The fourth-order valence-electron chi connectivity index (χ4n) is 2.02. The third-order valence-corrected chi connectivity index (χ3v) is 2.95. The number of nitrogens with one attached hydrogen (secondary N) is 1. The van der Waals surface area contributed by atoms with Crippen molar-refractivity contribution in [2.24, 2.45) is 5.92 Å². The van der Waals surface area contributed by atoms with Crippen LogP contribution in [-0.2, 0) is 6.42 Å². The number of benzene rings is 1. The van der Waals surface area contributed by atoms with E-state index in [4.69, 9.17) is 10.5 Å². The molecule has 3 heteroatoms. The van der Waals surface area contributed by atoms with Gasteiger partial charge in [0.05, 0.1) is 6.61 Å². The molecule has 1 aliphatic rings. The van der Waals surface area contributed by atoms with Gasteiger partial charge in [-0.05, 0) is 18.6 Å². The molecule has 0 aliphatic carbocycles. The van der Waals surface area contributed by atoms with Gasteiger partial charge in [-0.2, -0.15) is 0 Å². The quantitative estimate of drug-likeness (QED) is 0.764. The minimum Gasteiger partial charge on any atom is -0.493 e. The minimum absolute atomic E-state index is 0.523. The lowest BCUT2D eigenvalue weighted by atomic mass is 9.95. The molecule has 0 radical (unpaired) electrons. The van der Waals surface area contributed by atoms with Gasteiger partial charge in [-0.25, -0.2) is 0 Å². The van der Waals surface area contributed by atoms with E-state index in [9.17, 15) is 0 Å². The first-order valence-corrected chi connectivity index (χ1v) is 5.90. The second-order valence-electron chi connectivity index (χ2n) is 4.77. The lowest BCUT2D eigenvalue weighted by Gasteiger charge is -2.27. The maximum Gasteiger partial charge on any atom is 0.124 e. The molecule has 1 aromatic rings. The molecule has 88 valence electrons. The van der Waals surface area contributed by atoms with Crippen molar-refractivity contribution in [3.05, 3.63) is 23.8 Å². The smallest absolute Gasteiger partial charge is 0.124 e. The van der Waals surface area contributed by atoms with Crippen LogP contribution in [-0.4, -0.2) is 19.2 Å². The van der Waals surface area contributed by atoms with E-state index in [2.05, 4.69) is 19.2 Å². The summed E-state index contributed by atoms with van der Waals surface area (Å²) < 4.78 is 5.73. The number of nitrogens with two attached hydrogens (primary N) is 1. The van der Waals surface area contributed by atoms with Crippen molar-refractivity contribution in [3.63, 3.8) is 0 Å². The molecule has 1 unspecified atom stereocenters. The highest BCUT2D eigenvalue weighted by atomic mass is 16.5. The Labute approximate surface area is 97.0 Å². The van der Waals surface area contributed by atoms with Crippen molar-refractivity contribution in [2.45, 2.75) is 26.3 Å². The molecule has 2 rings (SSSR count). The van der Waals surface area contributed by atoms with Crippen molar-refractivity contribution >= 4 is 5.69 Å². The predicted octanol–water partition coefficient (Wildman–Crippen LogP) is 1.82. The van der Waals surface area contributed by atoms with Crippen molar-refractivity contribution < 1.29 is 4.74 Å². The van der Waals surface area contributed by atoms with Crippen LogP contribution in [0.5, 0.6) is 5.75 Å². The predicted molar refractivity (Wildman–Crippen MR) is 66.7 cm³/mol. The summed E-state index contributed by atoms with van der Waals surface area (Å²) in [7, 11) is 0. The Hall–Kier alpha value is -1.22. The van der Waals surface area contributed by atoms with Crippen LogP contribution in [0.4, 0.5) is 5.69 Å². The molecule has 16 heavy (non-hydrogen) atoms. The molecular weight excluding hydrogens is 200 g/mol. The van der Waals surface area contributed by atoms with E-state index in [1.807, 2.05) is 18.2 Å². The average Bonchev–Trinajstić information content (AvgIpc) is 2.27. The van der Waals surface area contributed by atoms with Crippen LogP contribution in [0.3, 0.4) is 0 Å². The van der Waals surface area contributed by atoms with Crippen LogP contribution in [0.15, 0.2) is 18.2 Å². The fourth-order valence-corrected chi connectivity index (χ4v) is 2.02. The monoisotopic (exact) mass is 220 g/mol. The summed E-state index contributed by atoms with van der Waals surface area (Å²) in [6.07, 6.45) is 1.02. The molecular formula is C13H20N2O. The highest BCUT2D eigenvalue weighted by Gasteiger charge is 2.21. The molecule has 3 nitrogen and oxygen atoms in total.